The highest BCUT2D eigenvalue weighted by Gasteiger charge is 2.46. The largest absolute Gasteiger partial charge is 0.481 e. The van der Waals surface area contributed by atoms with Gasteiger partial charge in [0.2, 0.25) is 0 Å². The standard InChI is InChI=1S/C48H77N3O16P2/c1-3-5-7-9-11-12-13-14-15-16-20-24-28-32-43(53)62-36-40(65-44(54)33-29-25-21-18-17-19-23-27-31-39(52)30-26-22-10-8-6-4-2)37-63-68(58,59)67-69(60,61)64-38-41-45(55)46(56)47(66-41)51-35-34-42(49)50-48(51)57/h6,8,12-13,18-19,21-23,26-27,31,34-35,39-41,45-47,52,55-56H,3-5,7,9-11,14-17,20,24-25,28-30,32-33,36-38H2,1-2H3,(H,58,59)(H,60,61)(H2,49,50,57)/b8-6-,13-12-,21-18-,23-19-,26-22-,31-27+/t39?,40-,41-,45-,46-,47-/m1/s1. The minimum Gasteiger partial charge on any atom is -0.462 e. The van der Waals surface area contributed by atoms with Crippen LogP contribution in [0, 0.1) is 0 Å². The molecule has 2 rings (SSSR count). The maximum atomic E-state index is 12.8. The summed E-state index contributed by atoms with van der Waals surface area (Å²) in [6.07, 6.45) is 31.7. The molecule has 21 heteroatoms. The molecule has 1 fully saturated rings. The van der Waals surface area contributed by atoms with Crippen molar-refractivity contribution in [2.75, 3.05) is 25.6 Å². The van der Waals surface area contributed by atoms with Gasteiger partial charge in [0.1, 0.15) is 30.7 Å². The molecule has 0 saturated carbocycles. The predicted octanol–water partition coefficient (Wildman–Crippen LogP) is 8.30. The lowest BCUT2D eigenvalue weighted by Crippen LogP contribution is -2.36. The number of hydrogen-bond acceptors (Lipinski definition) is 16. The van der Waals surface area contributed by atoms with Gasteiger partial charge in [-0.1, -0.05) is 125 Å². The van der Waals surface area contributed by atoms with Crippen LogP contribution in [-0.4, -0.2) is 96.9 Å². The number of phosphoric acid groups is 2. The average Bonchev–Trinajstić information content (AvgIpc) is 3.58. The molecule has 1 aromatic rings. The van der Waals surface area contributed by atoms with Crippen molar-refractivity contribution in [1.82, 2.24) is 9.55 Å². The second-order valence-corrected chi connectivity index (χ2v) is 19.5. The maximum Gasteiger partial charge on any atom is 0.481 e. The van der Waals surface area contributed by atoms with Crippen LogP contribution in [0.5, 0.6) is 0 Å². The molecule has 1 saturated heterocycles. The third kappa shape index (κ3) is 29.2. The fourth-order valence-corrected chi connectivity index (χ4v) is 8.71. The molecule has 7 N–H and O–H groups in total. The Morgan fingerprint density at radius 2 is 1.41 bits per heavy atom. The van der Waals surface area contributed by atoms with Gasteiger partial charge in [0.05, 0.1) is 19.3 Å². The van der Waals surface area contributed by atoms with Gasteiger partial charge in [-0.25, -0.2) is 13.9 Å². The summed E-state index contributed by atoms with van der Waals surface area (Å²) in [5.41, 5.74) is 4.57. The van der Waals surface area contributed by atoms with Gasteiger partial charge in [0.25, 0.3) is 0 Å². The molecular weight excluding hydrogens is 936 g/mol. The Bertz CT molecular complexity index is 1950. The monoisotopic (exact) mass is 1010 g/mol. The summed E-state index contributed by atoms with van der Waals surface area (Å²) < 4.78 is 56.5. The first-order valence-corrected chi connectivity index (χ1v) is 27.0. The minimum atomic E-state index is -5.45. The molecule has 0 amide bonds. The van der Waals surface area contributed by atoms with Crippen LogP contribution in [0.2, 0.25) is 0 Å². The van der Waals surface area contributed by atoms with Crippen LogP contribution in [0.4, 0.5) is 5.82 Å². The molecule has 2 heterocycles. The zero-order chi connectivity index (χ0) is 50.8. The number of carbonyl (C=O) groups excluding carboxylic acids is 2. The van der Waals surface area contributed by atoms with Crippen molar-refractivity contribution in [2.24, 2.45) is 0 Å². The summed E-state index contributed by atoms with van der Waals surface area (Å²) in [5.74, 6) is -1.43. The summed E-state index contributed by atoms with van der Waals surface area (Å²) in [7, 11) is -10.9. The van der Waals surface area contributed by atoms with E-state index in [0.717, 1.165) is 62.1 Å². The van der Waals surface area contributed by atoms with E-state index in [0.29, 0.717) is 32.1 Å². The number of esters is 2. The van der Waals surface area contributed by atoms with E-state index in [2.05, 4.69) is 47.4 Å². The highest BCUT2D eigenvalue weighted by atomic mass is 31.3. The molecule has 19 nitrogen and oxygen atoms in total. The van der Waals surface area contributed by atoms with Crippen LogP contribution in [0.25, 0.3) is 0 Å². The van der Waals surface area contributed by atoms with Crippen molar-refractivity contribution >= 4 is 33.4 Å². The van der Waals surface area contributed by atoms with Crippen molar-refractivity contribution < 1.29 is 71.4 Å². The first kappa shape index (κ1) is 61.3. The van der Waals surface area contributed by atoms with Crippen LogP contribution in [0.1, 0.15) is 142 Å². The fraction of sp³-hybridized carbons (Fsp3) is 0.625. The lowest BCUT2D eigenvalue weighted by molar-refractivity contribution is -0.161. The lowest BCUT2D eigenvalue weighted by Gasteiger charge is -2.21. The van der Waals surface area contributed by atoms with Gasteiger partial charge in [0, 0.05) is 19.0 Å². The maximum absolute atomic E-state index is 12.8. The van der Waals surface area contributed by atoms with Crippen molar-refractivity contribution in [3.63, 3.8) is 0 Å². The number of carbonyl (C=O) groups is 2. The molecule has 0 spiro atoms. The number of rotatable bonds is 38. The Labute approximate surface area is 407 Å². The number of hydrogen-bond donors (Lipinski definition) is 6. The van der Waals surface area contributed by atoms with E-state index in [9.17, 15) is 48.6 Å². The van der Waals surface area contributed by atoms with E-state index in [4.69, 9.17) is 29.0 Å². The number of aromatic nitrogens is 2. The first-order valence-electron chi connectivity index (χ1n) is 24.1. The number of nitrogens with two attached hydrogens (primary N) is 1. The second-order valence-electron chi connectivity index (χ2n) is 16.4. The smallest absolute Gasteiger partial charge is 0.462 e. The molecule has 1 aliphatic heterocycles. The number of aliphatic hydroxyl groups excluding tert-OH is 3. The van der Waals surface area contributed by atoms with E-state index in [1.54, 1.807) is 12.2 Å². The first-order chi connectivity index (χ1) is 33.1. The van der Waals surface area contributed by atoms with Gasteiger partial charge >= 0.3 is 33.3 Å². The number of phosphoric ester groups is 2. The molecule has 0 aliphatic carbocycles. The Balaban J connectivity index is 1.87. The molecule has 0 bridgehead atoms. The number of nitrogens with zero attached hydrogens (tertiary/aromatic N) is 2. The molecule has 3 unspecified atom stereocenters. The summed E-state index contributed by atoms with van der Waals surface area (Å²) >= 11 is 0. The van der Waals surface area contributed by atoms with Gasteiger partial charge < -0.3 is 45.1 Å². The summed E-state index contributed by atoms with van der Waals surface area (Å²) in [5, 5.41) is 30.9. The van der Waals surface area contributed by atoms with Gasteiger partial charge in [0.15, 0.2) is 12.3 Å². The Morgan fingerprint density at radius 3 is 2.13 bits per heavy atom. The summed E-state index contributed by atoms with van der Waals surface area (Å²) in [6.45, 7) is 1.86. The van der Waals surface area contributed by atoms with Crippen molar-refractivity contribution in [1.29, 1.82) is 0 Å². The number of anilines is 1. The molecule has 1 aliphatic rings. The topological polar surface area (TPSA) is 286 Å². The third-order valence-corrected chi connectivity index (χ3v) is 13.0. The fourth-order valence-electron chi connectivity index (χ4n) is 6.60. The average molecular weight is 1010 g/mol. The van der Waals surface area contributed by atoms with Crippen LogP contribution in [-0.2, 0) is 46.3 Å². The Morgan fingerprint density at radius 1 is 0.783 bits per heavy atom. The van der Waals surface area contributed by atoms with Crippen LogP contribution in [0.15, 0.2) is 90.0 Å². The molecule has 0 aromatic carbocycles. The highest BCUT2D eigenvalue weighted by Crippen LogP contribution is 2.60. The van der Waals surface area contributed by atoms with E-state index >= 15 is 0 Å². The molecule has 390 valence electrons. The van der Waals surface area contributed by atoms with Crippen molar-refractivity contribution in [2.45, 2.75) is 173 Å². The Hall–Kier alpha value is -3.84. The summed E-state index contributed by atoms with van der Waals surface area (Å²) in [4.78, 5) is 61.8. The number of ether oxygens (including phenoxy) is 3. The number of unbranched alkanes of at least 4 members (excludes halogenated alkanes) is 10. The lowest BCUT2D eigenvalue weighted by atomic mass is 10.1. The molecule has 69 heavy (non-hydrogen) atoms. The van der Waals surface area contributed by atoms with Gasteiger partial charge in [-0.05, 0) is 76.7 Å². The normalized spacial score (nSPS) is 20.4. The summed E-state index contributed by atoms with van der Waals surface area (Å²) in [6, 6.07) is 1.24. The second kappa shape index (κ2) is 36.1. The van der Waals surface area contributed by atoms with Crippen molar-refractivity contribution in [3.05, 3.63) is 95.7 Å². The quantitative estimate of drug-likeness (QED) is 0.0119. The van der Waals surface area contributed by atoms with E-state index < -0.39 is 89.8 Å². The van der Waals surface area contributed by atoms with Crippen LogP contribution in [0.3, 0.4) is 0 Å². The van der Waals surface area contributed by atoms with E-state index in [1.165, 1.54) is 31.7 Å². The zero-order valence-corrected chi connectivity index (χ0v) is 42.0. The van der Waals surface area contributed by atoms with E-state index in [-0.39, 0.29) is 18.7 Å². The van der Waals surface area contributed by atoms with Gasteiger partial charge in [-0.15, -0.1) is 0 Å². The van der Waals surface area contributed by atoms with Gasteiger partial charge in [-0.3, -0.25) is 23.2 Å². The van der Waals surface area contributed by atoms with Crippen LogP contribution >= 0.6 is 15.6 Å². The SMILES string of the molecule is CC/C=C\C/C=C\CC(O)/C=C/C=C\C/C=C\CCCC(=O)O[C@H](COC(=O)CCCCCCC/C=C\CCCCCC)COP(=O)(O)OP(=O)(O)OC[C@H]1O[C@@H](n2ccc(N)nc2=O)[C@H](O)[C@@H]1O. The molecule has 8 atom stereocenters. The van der Waals surface area contributed by atoms with Crippen LogP contribution < -0.4 is 11.4 Å². The van der Waals surface area contributed by atoms with Crippen molar-refractivity contribution in [3.8, 4) is 0 Å². The zero-order valence-electron chi connectivity index (χ0n) is 40.2. The van der Waals surface area contributed by atoms with E-state index in [1.807, 2.05) is 36.5 Å². The number of aliphatic hydroxyl groups is 3. The molecular formula is C48H77N3O16P2. The third-order valence-electron chi connectivity index (χ3n) is 10.4. The molecule has 1 aromatic heterocycles. The predicted molar refractivity (Wildman–Crippen MR) is 262 cm³/mol. The number of nitrogen functional groups attached to an aromatic ring is 1. The Kier molecular flexibility index (Phi) is 32.1. The highest BCUT2D eigenvalue weighted by molar-refractivity contribution is 7.61. The minimum absolute atomic E-state index is 0.0651. The molecule has 0 radical (unpaired) electrons. The number of allylic oxidation sites excluding steroid dienone is 10. The van der Waals surface area contributed by atoms with Gasteiger partial charge in [-0.2, -0.15) is 9.29 Å².